The molecule has 0 aromatic carbocycles. The first-order valence-corrected chi connectivity index (χ1v) is 19.2. The topological polar surface area (TPSA) is 35.5 Å². The van der Waals surface area contributed by atoms with E-state index in [0.29, 0.717) is 23.5 Å². The Morgan fingerprint density at radius 1 is 0.474 bits per heavy atom. The molecule has 5 saturated carbocycles. The zero-order chi connectivity index (χ0) is 26.7. The highest BCUT2D eigenvalue weighted by Gasteiger charge is 2.52. The Labute approximate surface area is 235 Å². The molecule has 0 aromatic heterocycles. The molecule has 0 N–H and O–H groups in total. The SMILES string of the molecule is CC1CCC(OC2CCC(OC3CCC(C)C(C)C3)C(P(=O)(C3CCCCC3)C3CCCCC3)C2)CC1C. The molecule has 4 heteroatoms. The maximum atomic E-state index is 15.8. The molecule has 38 heavy (non-hydrogen) atoms. The normalized spacial score (nSPS) is 42.7. The lowest BCUT2D eigenvalue weighted by atomic mass is 9.80. The summed E-state index contributed by atoms with van der Waals surface area (Å²) in [4.78, 5) is 0. The van der Waals surface area contributed by atoms with Crippen molar-refractivity contribution in [1.29, 1.82) is 0 Å². The van der Waals surface area contributed by atoms with E-state index >= 15 is 4.57 Å². The summed E-state index contributed by atoms with van der Waals surface area (Å²) in [5.41, 5.74) is 1.15. The Morgan fingerprint density at radius 3 is 1.42 bits per heavy atom. The first-order valence-electron chi connectivity index (χ1n) is 17.2. The van der Waals surface area contributed by atoms with Crippen LogP contribution < -0.4 is 0 Å². The Kier molecular flexibility index (Phi) is 10.5. The van der Waals surface area contributed by atoms with Crippen LogP contribution in [0, 0.1) is 23.7 Å². The van der Waals surface area contributed by atoms with Gasteiger partial charge in [0.15, 0.2) is 0 Å². The maximum absolute atomic E-state index is 15.8. The Bertz CT molecular complexity index is 750. The van der Waals surface area contributed by atoms with Crippen molar-refractivity contribution in [2.45, 2.75) is 191 Å². The molecule has 5 aliphatic carbocycles. The van der Waals surface area contributed by atoms with Crippen molar-refractivity contribution in [3.8, 4) is 0 Å². The smallest absolute Gasteiger partial charge is 0.0991 e. The molecule has 0 aromatic rings. The Hall–Kier alpha value is 0.150. The fraction of sp³-hybridized carbons (Fsp3) is 1.00. The second-order valence-electron chi connectivity index (χ2n) is 14.9. The third-order valence-corrected chi connectivity index (χ3v) is 17.3. The van der Waals surface area contributed by atoms with Gasteiger partial charge in [-0.1, -0.05) is 66.2 Å². The summed E-state index contributed by atoms with van der Waals surface area (Å²) < 4.78 is 29.9. The minimum Gasteiger partial charge on any atom is -0.375 e. The molecular formula is C34H61O3P. The molecule has 5 rings (SSSR count). The van der Waals surface area contributed by atoms with E-state index in [0.717, 1.165) is 42.9 Å². The van der Waals surface area contributed by atoms with E-state index in [4.69, 9.17) is 9.47 Å². The zero-order valence-corrected chi connectivity index (χ0v) is 26.4. The highest BCUT2D eigenvalue weighted by atomic mass is 31.2. The number of hydrogen-bond donors (Lipinski definition) is 0. The van der Waals surface area contributed by atoms with Crippen molar-refractivity contribution in [2.24, 2.45) is 23.7 Å². The molecule has 0 saturated heterocycles. The lowest BCUT2D eigenvalue weighted by Gasteiger charge is -2.49. The van der Waals surface area contributed by atoms with Gasteiger partial charge in [0.25, 0.3) is 0 Å². The van der Waals surface area contributed by atoms with Gasteiger partial charge in [-0.05, 0) is 107 Å². The van der Waals surface area contributed by atoms with Gasteiger partial charge in [-0.3, -0.25) is 0 Å². The zero-order valence-electron chi connectivity index (χ0n) is 25.5. The lowest BCUT2D eigenvalue weighted by molar-refractivity contribution is -0.102. The van der Waals surface area contributed by atoms with Gasteiger partial charge in [0.05, 0.1) is 31.6 Å². The third-order valence-electron chi connectivity index (χ3n) is 12.4. The fourth-order valence-electron chi connectivity index (χ4n) is 9.36. The first kappa shape index (κ1) is 29.6. The second-order valence-corrected chi connectivity index (χ2v) is 18.6. The van der Waals surface area contributed by atoms with Crippen LogP contribution in [0.25, 0.3) is 0 Å². The van der Waals surface area contributed by atoms with E-state index in [1.54, 1.807) is 0 Å². The van der Waals surface area contributed by atoms with Crippen molar-refractivity contribution in [3.63, 3.8) is 0 Å². The second kappa shape index (κ2) is 13.4. The van der Waals surface area contributed by atoms with Crippen LogP contribution in [0.2, 0.25) is 0 Å². The molecular weight excluding hydrogens is 487 g/mol. The van der Waals surface area contributed by atoms with E-state index in [9.17, 15) is 0 Å². The van der Waals surface area contributed by atoms with E-state index in [-0.39, 0.29) is 17.9 Å². The van der Waals surface area contributed by atoms with E-state index < -0.39 is 7.14 Å². The van der Waals surface area contributed by atoms with Crippen LogP contribution in [-0.2, 0) is 14.0 Å². The van der Waals surface area contributed by atoms with Crippen LogP contribution >= 0.6 is 7.14 Å². The van der Waals surface area contributed by atoms with E-state index in [1.807, 2.05) is 0 Å². The van der Waals surface area contributed by atoms with Gasteiger partial charge in [-0.25, -0.2) is 0 Å². The molecule has 9 atom stereocenters. The highest BCUT2D eigenvalue weighted by Crippen LogP contribution is 2.69. The first-order chi connectivity index (χ1) is 18.3. The van der Waals surface area contributed by atoms with Crippen LogP contribution in [0.1, 0.15) is 150 Å². The minimum absolute atomic E-state index is 0.195. The van der Waals surface area contributed by atoms with Gasteiger partial charge in [-0.15, -0.1) is 0 Å². The lowest BCUT2D eigenvalue weighted by Crippen LogP contribution is -2.46. The standard InChI is InChI=1S/C34H61O3P/c1-24-15-17-28(21-26(24)3)36-30-19-20-33(37-29-18-16-25(2)27(4)22-29)34(23-30)38(35,31-11-7-5-8-12-31)32-13-9-6-10-14-32/h24-34H,5-23H2,1-4H3. The molecule has 0 amide bonds. The van der Waals surface area contributed by atoms with Crippen molar-refractivity contribution in [1.82, 2.24) is 0 Å². The largest absolute Gasteiger partial charge is 0.375 e. The van der Waals surface area contributed by atoms with E-state index in [1.165, 1.54) is 103 Å². The summed E-state index contributed by atoms with van der Waals surface area (Å²) in [6, 6.07) is 0. The maximum Gasteiger partial charge on any atom is 0.0991 e. The quantitative estimate of drug-likeness (QED) is 0.297. The minimum atomic E-state index is -2.41. The van der Waals surface area contributed by atoms with Crippen LogP contribution in [0.5, 0.6) is 0 Å². The van der Waals surface area contributed by atoms with Crippen LogP contribution in [0.4, 0.5) is 0 Å². The molecule has 9 unspecified atom stereocenters. The number of hydrogen-bond acceptors (Lipinski definition) is 3. The third kappa shape index (κ3) is 6.78. The molecule has 3 nitrogen and oxygen atoms in total. The molecule has 5 fully saturated rings. The molecule has 0 radical (unpaired) electrons. The van der Waals surface area contributed by atoms with Crippen LogP contribution in [0.3, 0.4) is 0 Å². The summed E-state index contributed by atoms with van der Waals surface area (Å²) in [5, 5.41) is 0. The van der Waals surface area contributed by atoms with Gasteiger partial charge in [0, 0.05) is 17.0 Å². The van der Waals surface area contributed by atoms with Crippen molar-refractivity contribution in [3.05, 3.63) is 0 Å². The Morgan fingerprint density at radius 2 is 0.921 bits per heavy atom. The number of rotatable bonds is 7. The van der Waals surface area contributed by atoms with E-state index in [2.05, 4.69) is 27.7 Å². The molecule has 0 aliphatic heterocycles. The van der Waals surface area contributed by atoms with Crippen molar-refractivity contribution < 1.29 is 14.0 Å². The van der Waals surface area contributed by atoms with Crippen LogP contribution in [-0.4, -0.2) is 41.4 Å². The fourth-order valence-corrected chi connectivity index (χ4v) is 14.7. The summed E-state index contributed by atoms with van der Waals surface area (Å²) in [6.07, 6.45) is 24.5. The van der Waals surface area contributed by atoms with Gasteiger partial charge >= 0.3 is 0 Å². The van der Waals surface area contributed by atoms with Gasteiger partial charge in [0.2, 0.25) is 0 Å². The summed E-state index contributed by atoms with van der Waals surface area (Å²) in [7, 11) is -2.41. The summed E-state index contributed by atoms with van der Waals surface area (Å²) in [6.45, 7) is 9.67. The monoisotopic (exact) mass is 548 g/mol. The molecule has 0 spiro atoms. The predicted molar refractivity (Wildman–Crippen MR) is 161 cm³/mol. The van der Waals surface area contributed by atoms with Gasteiger partial charge in [0.1, 0.15) is 0 Å². The Balaban J connectivity index is 1.37. The summed E-state index contributed by atoms with van der Waals surface area (Å²) >= 11 is 0. The van der Waals surface area contributed by atoms with Crippen LogP contribution in [0.15, 0.2) is 0 Å². The van der Waals surface area contributed by atoms with Crippen molar-refractivity contribution in [2.75, 3.05) is 0 Å². The predicted octanol–water partition coefficient (Wildman–Crippen LogP) is 9.99. The van der Waals surface area contributed by atoms with Crippen molar-refractivity contribution >= 4 is 7.14 Å². The number of ether oxygens (including phenoxy) is 2. The average molecular weight is 549 g/mol. The average Bonchev–Trinajstić information content (AvgIpc) is 2.94. The molecule has 0 bridgehead atoms. The van der Waals surface area contributed by atoms with Gasteiger partial charge in [-0.2, -0.15) is 0 Å². The molecule has 220 valence electrons. The summed E-state index contributed by atoms with van der Waals surface area (Å²) in [5.74, 6) is 3.14. The molecule has 5 aliphatic rings. The molecule has 0 heterocycles. The highest BCUT2D eigenvalue weighted by molar-refractivity contribution is 7.66. The van der Waals surface area contributed by atoms with Gasteiger partial charge < -0.3 is 14.0 Å².